The highest BCUT2D eigenvalue weighted by Crippen LogP contribution is 2.35. The van der Waals surface area contributed by atoms with E-state index in [0.29, 0.717) is 5.02 Å². The summed E-state index contributed by atoms with van der Waals surface area (Å²) in [6, 6.07) is 12.1. The normalized spacial score (nSPS) is 11.4. The molecule has 2 aromatic rings. The number of carbonyl (C=O) groups excluding carboxylic acids is 1. The molecule has 0 aromatic heterocycles. The number of Topliss-reactive ketones (excluding diaryl/α,β-unsaturated/α-hetero) is 1. The van der Waals surface area contributed by atoms with Crippen LogP contribution in [0.3, 0.4) is 0 Å². The van der Waals surface area contributed by atoms with Crippen molar-refractivity contribution in [2.45, 2.75) is 6.92 Å². The smallest absolute Gasteiger partial charge is 0.324 e. The minimum Gasteiger partial charge on any atom is -0.324 e. The van der Waals surface area contributed by atoms with Gasteiger partial charge < -0.3 is 9.79 Å². The van der Waals surface area contributed by atoms with E-state index in [9.17, 15) is 9.36 Å². The summed E-state index contributed by atoms with van der Waals surface area (Å²) in [5, 5.41) is 0.630. The van der Waals surface area contributed by atoms with E-state index in [1.807, 2.05) is 25.1 Å². The summed E-state index contributed by atoms with van der Waals surface area (Å²) in [5.74, 6) is -0.572. The van der Waals surface area contributed by atoms with Crippen LogP contribution in [-0.2, 0) is 4.57 Å². The Morgan fingerprint density at radius 2 is 1.90 bits per heavy atom. The molecule has 2 aromatic carbocycles. The van der Waals surface area contributed by atoms with Crippen molar-refractivity contribution in [2.24, 2.45) is 0 Å². The van der Waals surface area contributed by atoms with E-state index < -0.39 is 19.5 Å². The first-order valence-electron chi connectivity index (χ1n) is 6.20. The van der Waals surface area contributed by atoms with Gasteiger partial charge >= 0.3 is 7.60 Å². The van der Waals surface area contributed by atoms with Gasteiger partial charge in [-0.05, 0) is 41.8 Å². The van der Waals surface area contributed by atoms with Crippen molar-refractivity contribution in [3.63, 3.8) is 0 Å². The molecule has 0 unspecified atom stereocenters. The van der Waals surface area contributed by atoms with Crippen LogP contribution in [0, 0.1) is 6.92 Å². The third kappa shape index (κ3) is 4.26. The summed E-state index contributed by atoms with van der Waals surface area (Å²) in [7, 11) is -4.36. The monoisotopic (exact) mass is 324 g/mol. The van der Waals surface area contributed by atoms with Crippen molar-refractivity contribution in [1.82, 2.24) is 0 Å². The molecule has 0 bridgehead atoms. The van der Waals surface area contributed by atoms with Crippen molar-refractivity contribution in [3.8, 4) is 11.1 Å². The first kappa shape index (κ1) is 15.9. The Kier molecular flexibility index (Phi) is 4.64. The lowest BCUT2D eigenvalue weighted by molar-refractivity contribution is 0.101. The zero-order valence-electron chi connectivity index (χ0n) is 11.3. The van der Waals surface area contributed by atoms with Crippen LogP contribution in [0.15, 0.2) is 42.5 Å². The van der Waals surface area contributed by atoms with Crippen LogP contribution in [0.1, 0.15) is 15.9 Å². The fourth-order valence-corrected chi connectivity index (χ4v) is 2.87. The average Bonchev–Trinajstić information content (AvgIpc) is 2.37. The highest BCUT2D eigenvalue weighted by atomic mass is 35.5. The van der Waals surface area contributed by atoms with E-state index >= 15 is 0 Å². The average molecular weight is 325 g/mol. The van der Waals surface area contributed by atoms with E-state index in [1.165, 1.54) is 0 Å². The number of ketones is 1. The summed E-state index contributed by atoms with van der Waals surface area (Å²) in [6.45, 7) is 1.91. The second-order valence-electron chi connectivity index (χ2n) is 4.79. The van der Waals surface area contributed by atoms with Gasteiger partial charge in [-0.3, -0.25) is 9.36 Å². The van der Waals surface area contributed by atoms with Gasteiger partial charge in [-0.15, -0.1) is 0 Å². The van der Waals surface area contributed by atoms with E-state index in [-0.39, 0.29) is 5.56 Å². The van der Waals surface area contributed by atoms with Gasteiger partial charge in [0.2, 0.25) is 0 Å². The molecule has 110 valence electrons. The maximum atomic E-state index is 11.9. The molecule has 2 rings (SSSR count). The molecular formula is C15H14ClO4P. The van der Waals surface area contributed by atoms with E-state index in [0.717, 1.165) is 16.7 Å². The zero-order valence-corrected chi connectivity index (χ0v) is 12.9. The first-order chi connectivity index (χ1) is 9.76. The van der Waals surface area contributed by atoms with Gasteiger partial charge in [0, 0.05) is 10.6 Å². The molecule has 0 amide bonds. The van der Waals surface area contributed by atoms with Gasteiger partial charge in [-0.25, -0.2) is 0 Å². The van der Waals surface area contributed by atoms with Gasteiger partial charge in [0.25, 0.3) is 0 Å². The molecule has 0 heterocycles. The predicted octanol–water partition coefficient (Wildman–Crippen LogP) is 3.68. The topological polar surface area (TPSA) is 74.6 Å². The molecule has 21 heavy (non-hydrogen) atoms. The van der Waals surface area contributed by atoms with Crippen LogP contribution >= 0.6 is 19.2 Å². The van der Waals surface area contributed by atoms with Crippen LogP contribution in [-0.4, -0.2) is 21.7 Å². The summed E-state index contributed by atoms with van der Waals surface area (Å²) in [4.78, 5) is 29.6. The van der Waals surface area contributed by atoms with Gasteiger partial charge in [-0.1, -0.05) is 35.9 Å². The van der Waals surface area contributed by atoms with Crippen LogP contribution in [0.2, 0.25) is 5.02 Å². The Morgan fingerprint density at radius 3 is 2.52 bits per heavy atom. The Balaban J connectivity index is 2.38. The lowest BCUT2D eigenvalue weighted by Crippen LogP contribution is -2.05. The zero-order chi connectivity index (χ0) is 15.6. The number of carbonyl (C=O) groups is 1. The first-order valence-corrected chi connectivity index (χ1v) is 8.38. The van der Waals surface area contributed by atoms with E-state index in [4.69, 9.17) is 21.4 Å². The second kappa shape index (κ2) is 6.12. The van der Waals surface area contributed by atoms with Crippen molar-refractivity contribution in [1.29, 1.82) is 0 Å². The van der Waals surface area contributed by atoms with Crippen LogP contribution in [0.5, 0.6) is 0 Å². The maximum absolute atomic E-state index is 11.9. The molecule has 0 fully saturated rings. The highest BCUT2D eigenvalue weighted by molar-refractivity contribution is 7.52. The Hall–Kier alpha value is -1.45. The van der Waals surface area contributed by atoms with Crippen LogP contribution < -0.4 is 0 Å². The van der Waals surface area contributed by atoms with Gasteiger partial charge in [0.15, 0.2) is 5.78 Å². The van der Waals surface area contributed by atoms with Crippen molar-refractivity contribution < 1.29 is 19.1 Å². The summed E-state index contributed by atoms with van der Waals surface area (Å²) in [5.41, 5.74) is 2.97. The third-order valence-corrected chi connectivity index (χ3v) is 3.97. The van der Waals surface area contributed by atoms with Crippen LogP contribution in [0.25, 0.3) is 11.1 Å². The maximum Gasteiger partial charge on any atom is 0.333 e. The summed E-state index contributed by atoms with van der Waals surface area (Å²) < 4.78 is 10.9. The second-order valence-corrected chi connectivity index (χ2v) is 6.87. The molecule has 2 N–H and O–H groups in total. The number of halogens is 1. The van der Waals surface area contributed by atoms with Gasteiger partial charge in [0.1, 0.15) is 6.16 Å². The summed E-state index contributed by atoms with van der Waals surface area (Å²) >= 11 is 5.92. The fraction of sp³-hybridized carbons (Fsp3) is 0.133. The molecule has 0 aliphatic rings. The van der Waals surface area contributed by atoms with Crippen molar-refractivity contribution in [2.75, 3.05) is 6.16 Å². The number of aryl methyl sites for hydroxylation is 1. The molecule has 0 saturated carbocycles. The molecule has 4 nitrogen and oxygen atoms in total. The van der Waals surface area contributed by atoms with Gasteiger partial charge in [0.05, 0.1) is 0 Å². The summed E-state index contributed by atoms with van der Waals surface area (Å²) in [6.07, 6.45) is -0.782. The Labute approximate surface area is 127 Å². The number of rotatable bonds is 4. The lowest BCUT2D eigenvalue weighted by atomic mass is 9.98. The van der Waals surface area contributed by atoms with Gasteiger partial charge in [-0.2, -0.15) is 0 Å². The van der Waals surface area contributed by atoms with E-state index in [2.05, 4.69) is 0 Å². The minimum absolute atomic E-state index is 0.283. The quantitative estimate of drug-likeness (QED) is 0.664. The number of hydrogen-bond donors (Lipinski definition) is 2. The molecular weight excluding hydrogens is 311 g/mol. The van der Waals surface area contributed by atoms with Crippen LogP contribution in [0.4, 0.5) is 0 Å². The molecule has 6 heteroatoms. The molecule has 0 atom stereocenters. The lowest BCUT2D eigenvalue weighted by Gasteiger charge is -2.09. The standard InChI is InChI=1S/C15H14ClO4P/c1-10-7-13(16)5-6-14(10)11-3-2-4-12(8-11)15(17)9-21(18,19)20/h2-8H,9H2,1H3,(H2,18,19,20). The molecule has 0 radical (unpaired) electrons. The number of hydrogen-bond acceptors (Lipinski definition) is 2. The molecule has 0 spiro atoms. The Bertz CT molecular complexity index is 736. The Morgan fingerprint density at radius 1 is 1.19 bits per heavy atom. The SMILES string of the molecule is Cc1cc(Cl)ccc1-c1cccc(C(=O)CP(=O)(O)O)c1. The third-order valence-electron chi connectivity index (χ3n) is 3.03. The molecule has 0 aliphatic carbocycles. The highest BCUT2D eigenvalue weighted by Gasteiger charge is 2.20. The number of benzene rings is 2. The molecule has 0 saturated heterocycles. The largest absolute Gasteiger partial charge is 0.333 e. The van der Waals surface area contributed by atoms with Crippen molar-refractivity contribution >= 4 is 25.0 Å². The predicted molar refractivity (Wildman–Crippen MR) is 82.9 cm³/mol. The molecule has 0 aliphatic heterocycles. The van der Waals surface area contributed by atoms with Crippen molar-refractivity contribution in [3.05, 3.63) is 58.6 Å². The van der Waals surface area contributed by atoms with E-state index in [1.54, 1.807) is 24.3 Å². The fourth-order valence-electron chi connectivity index (χ4n) is 2.09. The minimum atomic E-state index is -4.36.